The second-order valence-corrected chi connectivity index (χ2v) is 4.55. The molecule has 0 aliphatic carbocycles. The molecule has 1 N–H and O–H groups in total. The van der Waals surface area contributed by atoms with Gasteiger partial charge in [0.05, 0.1) is 0 Å². The fraction of sp³-hybridized carbons (Fsp3) is 0.769. The summed E-state index contributed by atoms with van der Waals surface area (Å²) >= 11 is 0. The SMILES string of the molecule is CCC(CCC=C(C)C(=O)O)CCCC(F)(F)F. The molecule has 1 unspecified atom stereocenters. The smallest absolute Gasteiger partial charge is 0.389 e. The number of carboxylic acid groups (broad SMARTS) is 1. The summed E-state index contributed by atoms with van der Waals surface area (Å²) in [4.78, 5) is 10.5. The molecule has 0 aliphatic rings. The topological polar surface area (TPSA) is 37.3 Å². The number of carboxylic acids is 1. The van der Waals surface area contributed by atoms with Crippen LogP contribution < -0.4 is 0 Å². The van der Waals surface area contributed by atoms with E-state index < -0.39 is 18.6 Å². The van der Waals surface area contributed by atoms with Gasteiger partial charge in [-0.3, -0.25) is 0 Å². The molecule has 0 fully saturated rings. The van der Waals surface area contributed by atoms with Crippen LogP contribution in [0.25, 0.3) is 0 Å². The van der Waals surface area contributed by atoms with E-state index in [-0.39, 0.29) is 12.3 Å². The molecule has 106 valence electrons. The molecule has 0 saturated heterocycles. The fourth-order valence-electron chi connectivity index (χ4n) is 1.77. The molecule has 1 atom stereocenters. The zero-order valence-corrected chi connectivity index (χ0v) is 10.9. The third kappa shape index (κ3) is 9.07. The van der Waals surface area contributed by atoms with E-state index in [0.717, 1.165) is 12.8 Å². The van der Waals surface area contributed by atoms with Crippen molar-refractivity contribution < 1.29 is 23.1 Å². The Kier molecular flexibility index (Phi) is 7.71. The Morgan fingerprint density at radius 3 is 2.39 bits per heavy atom. The van der Waals surface area contributed by atoms with E-state index in [1.807, 2.05) is 6.92 Å². The maximum Gasteiger partial charge on any atom is 0.389 e. The Labute approximate surface area is 106 Å². The molecular formula is C13H21F3O2. The maximum absolute atomic E-state index is 12.0. The molecule has 0 rings (SSSR count). The van der Waals surface area contributed by atoms with Gasteiger partial charge in [-0.05, 0) is 32.1 Å². The molecule has 0 aromatic rings. The Morgan fingerprint density at radius 2 is 1.94 bits per heavy atom. The number of rotatable bonds is 8. The highest BCUT2D eigenvalue weighted by molar-refractivity contribution is 5.85. The van der Waals surface area contributed by atoms with Crippen LogP contribution in [0.2, 0.25) is 0 Å². The maximum atomic E-state index is 12.0. The van der Waals surface area contributed by atoms with Crippen LogP contribution >= 0.6 is 0 Å². The van der Waals surface area contributed by atoms with Crippen LogP contribution in [-0.2, 0) is 4.79 Å². The van der Waals surface area contributed by atoms with Crippen LogP contribution in [0.3, 0.4) is 0 Å². The fourth-order valence-corrected chi connectivity index (χ4v) is 1.77. The van der Waals surface area contributed by atoms with E-state index in [9.17, 15) is 18.0 Å². The summed E-state index contributed by atoms with van der Waals surface area (Å²) in [5.74, 6) is -0.703. The minimum Gasteiger partial charge on any atom is -0.478 e. The second-order valence-electron chi connectivity index (χ2n) is 4.55. The summed E-state index contributed by atoms with van der Waals surface area (Å²) < 4.78 is 35.9. The first-order valence-electron chi connectivity index (χ1n) is 6.23. The number of allylic oxidation sites excluding steroid dienone is 1. The number of hydrogen-bond donors (Lipinski definition) is 1. The molecule has 0 aromatic heterocycles. The van der Waals surface area contributed by atoms with Gasteiger partial charge in [-0.25, -0.2) is 4.79 Å². The molecule has 0 spiro atoms. The van der Waals surface area contributed by atoms with Crippen molar-refractivity contribution in [1.82, 2.24) is 0 Å². The van der Waals surface area contributed by atoms with Crippen LogP contribution in [0.4, 0.5) is 13.2 Å². The molecule has 0 heterocycles. The van der Waals surface area contributed by atoms with Crippen molar-refractivity contribution >= 4 is 5.97 Å². The normalized spacial score (nSPS) is 14.6. The predicted octanol–water partition coefficient (Wildman–Crippen LogP) is 4.56. The predicted molar refractivity (Wildman–Crippen MR) is 64.3 cm³/mol. The number of alkyl halides is 3. The summed E-state index contributed by atoms with van der Waals surface area (Å²) in [5.41, 5.74) is 0.292. The van der Waals surface area contributed by atoms with Gasteiger partial charge in [-0.15, -0.1) is 0 Å². The Balaban J connectivity index is 3.91. The van der Waals surface area contributed by atoms with Gasteiger partial charge in [-0.2, -0.15) is 13.2 Å². The molecule has 18 heavy (non-hydrogen) atoms. The van der Waals surface area contributed by atoms with Crippen LogP contribution in [-0.4, -0.2) is 17.3 Å². The van der Waals surface area contributed by atoms with Crippen molar-refractivity contribution in [2.24, 2.45) is 5.92 Å². The average Bonchev–Trinajstić information content (AvgIpc) is 2.24. The third-order valence-electron chi connectivity index (χ3n) is 3.01. The third-order valence-corrected chi connectivity index (χ3v) is 3.01. The molecule has 2 nitrogen and oxygen atoms in total. The molecule has 0 bridgehead atoms. The van der Waals surface area contributed by atoms with Gasteiger partial charge in [0.15, 0.2) is 0 Å². The number of aliphatic carboxylic acids is 1. The quantitative estimate of drug-likeness (QED) is 0.654. The van der Waals surface area contributed by atoms with Crippen molar-refractivity contribution in [2.45, 2.75) is 58.5 Å². The molecule has 0 aromatic carbocycles. The second kappa shape index (κ2) is 8.16. The van der Waals surface area contributed by atoms with Crippen LogP contribution in [0.1, 0.15) is 52.4 Å². The summed E-state index contributed by atoms with van der Waals surface area (Å²) in [5, 5.41) is 8.64. The van der Waals surface area contributed by atoms with Crippen molar-refractivity contribution in [3.63, 3.8) is 0 Å². The highest BCUT2D eigenvalue weighted by atomic mass is 19.4. The molecule has 0 amide bonds. The lowest BCUT2D eigenvalue weighted by molar-refractivity contribution is -0.136. The minimum absolute atomic E-state index is 0.156. The standard InChI is InChI=1S/C13H21F3O2/c1-3-11(8-5-9-13(14,15)16)7-4-6-10(2)12(17)18/h6,11H,3-5,7-9H2,1-2H3,(H,17,18). The lowest BCUT2D eigenvalue weighted by atomic mass is 9.93. The summed E-state index contributed by atoms with van der Waals surface area (Å²) in [7, 11) is 0. The van der Waals surface area contributed by atoms with E-state index in [1.54, 1.807) is 6.08 Å². The number of carbonyl (C=O) groups is 1. The summed E-state index contributed by atoms with van der Waals surface area (Å²) in [6, 6.07) is 0. The average molecular weight is 266 g/mol. The molecule has 5 heteroatoms. The van der Waals surface area contributed by atoms with E-state index in [4.69, 9.17) is 5.11 Å². The van der Waals surface area contributed by atoms with E-state index in [0.29, 0.717) is 18.4 Å². The Morgan fingerprint density at radius 1 is 1.33 bits per heavy atom. The summed E-state index contributed by atoms with van der Waals surface area (Å²) in [6.45, 7) is 3.47. The lowest BCUT2D eigenvalue weighted by Gasteiger charge is -2.14. The van der Waals surface area contributed by atoms with Crippen LogP contribution in [0, 0.1) is 5.92 Å². The highest BCUT2D eigenvalue weighted by Crippen LogP contribution is 2.26. The van der Waals surface area contributed by atoms with Gasteiger partial charge in [0, 0.05) is 12.0 Å². The van der Waals surface area contributed by atoms with Crippen molar-refractivity contribution in [1.29, 1.82) is 0 Å². The zero-order valence-electron chi connectivity index (χ0n) is 10.9. The van der Waals surface area contributed by atoms with Gasteiger partial charge in [0.1, 0.15) is 0 Å². The molecule has 0 saturated carbocycles. The monoisotopic (exact) mass is 266 g/mol. The first-order valence-corrected chi connectivity index (χ1v) is 6.23. The van der Waals surface area contributed by atoms with Gasteiger partial charge in [-0.1, -0.05) is 25.8 Å². The zero-order chi connectivity index (χ0) is 14.2. The van der Waals surface area contributed by atoms with Gasteiger partial charge < -0.3 is 5.11 Å². The van der Waals surface area contributed by atoms with Crippen LogP contribution in [0.15, 0.2) is 11.6 Å². The first kappa shape index (κ1) is 17.0. The molecular weight excluding hydrogens is 245 g/mol. The first-order chi connectivity index (χ1) is 8.26. The summed E-state index contributed by atoms with van der Waals surface area (Å²) in [6.07, 6.45) is -0.264. The van der Waals surface area contributed by atoms with Crippen molar-refractivity contribution in [3.05, 3.63) is 11.6 Å². The lowest BCUT2D eigenvalue weighted by Crippen LogP contribution is -2.08. The van der Waals surface area contributed by atoms with Gasteiger partial charge in [0.2, 0.25) is 0 Å². The van der Waals surface area contributed by atoms with Gasteiger partial charge in [0.25, 0.3) is 0 Å². The van der Waals surface area contributed by atoms with Gasteiger partial charge >= 0.3 is 12.1 Å². The van der Waals surface area contributed by atoms with E-state index in [1.165, 1.54) is 6.92 Å². The van der Waals surface area contributed by atoms with Crippen molar-refractivity contribution in [2.75, 3.05) is 0 Å². The van der Waals surface area contributed by atoms with Crippen molar-refractivity contribution in [3.8, 4) is 0 Å². The van der Waals surface area contributed by atoms with E-state index >= 15 is 0 Å². The van der Waals surface area contributed by atoms with E-state index in [2.05, 4.69) is 0 Å². The number of halogens is 3. The molecule has 0 radical (unpaired) electrons. The van der Waals surface area contributed by atoms with Crippen LogP contribution in [0.5, 0.6) is 0 Å². The molecule has 0 aliphatic heterocycles. The Hall–Kier alpha value is -1.00. The highest BCUT2D eigenvalue weighted by Gasteiger charge is 2.26. The minimum atomic E-state index is -4.07. The Bertz CT molecular complexity index is 282. The number of hydrogen-bond acceptors (Lipinski definition) is 1. The largest absolute Gasteiger partial charge is 0.478 e.